The minimum Gasteiger partial charge on any atom is -0.493 e. The van der Waals surface area contributed by atoms with Crippen molar-refractivity contribution < 1.29 is 33.0 Å². The van der Waals surface area contributed by atoms with E-state index in [0.29, 0.717) is 23.1 Å². The van der Waals surface area contributed by atoms with Gasteiger partial charge in [0.15, 0.2) is 0 Å². The number of fused-ring (bicyclic) bond motifs is 1. The predicted octanol–water partition coefficient (Wildman–Crippen LogP) is 2.62. The molecular formula is C19H23NO7S. The lowest BCUT2D eigenvalue weighted by atomic mass is 10.1. The standard InChI is InChI=1S/C19H23NO7S/c1-2-3-12-27-16-8-4-7-14-13(16)6-5-9-17(14)28(25,26)20-15(19(23)24)10-11-18(21)22/h4-9,15,20H,2-3,10-12H2,1H3,(H,21,22)(H,23,24)/t15-/m1/s1. The number of hydrogen-bond donors (Lipinski definition) is 3. The van der Waals surface area contributed by atoms with Crippen LogP contribution in [0.25, 0.3) is 10.8 Å². The molecule has 0 fully saturated rings. The van der Waals surface area contributed by atoms with E-state index in [4.69, 9.17) is 9.84 Å². The van der Waals surface area contributed by atoms with Gasteiger partial charge in [0.05, 0.1) is 11.5 Å². The number of carboxylic acids is 2. The van der Waals surface area contributed by atoms with E-state index in [-0.39, 0.29) is 11.3 Å². The molecular weight excluding hydrogens is 386 g/mol. The molecule has 0 heterocycles. The van der Waals surface area contributed by atoms with E-state index in [1.807, 2.05) is 6.92 Å². The molecule has 0 unspecified atom stereocenters. The first-order valence-electron chi connectivity index (χ1n) is 8.87. The van der Waals surface area contributed by atoms with Crippen LogP contribution < -0.4 is 9.46 Å². The van der Waals surface area contributed by atoms with Crippen LogP contribution in [0.2, 0.25) is 0 Å². The van der Waals surface area contributed by atoms with Crippen LogP contribution in [0.5, 0.6) is 5.75 Å². The number of hydrogen-bond acceptors (Lipinski definition) is 5. The zero-order valence-corrected chi connectivity index (χ0v) is 16.2. The van der Waals surface area contributed by atoms with Crippen LogP contribution in [0.4, 0.5) is 0 Å². The number of unbranched alkanes of at least 4 members (excludes halogenated alkanes) is 1. The van der Waals surface area contributed by atoms with Crippen molar-refractivity contribution in [2.45, 2.75) is 43.5 Å². The molecule has 0 saturated carbocycles. The molecule has 0 aliphatic heterocycles. The third-order valence-corrected chi connectivity index (χ3v) is 5.66. The molecule has 0 spiro atoms. The second-order valence-corrected chi connectivity index (χ2v) is 7.94. The van der Waals surface area contributed by atoms with Gasteiger partial charge in [0, 0.05) is 17.2 Å². The summed E-state index contributed by atoms with van der Waals surface area (Å²) in [5, 5.41) is 19.0. The molecule has 1 atom stereocenters. The molecule has 2 aromatic carbocycles. The SMILES string of the molecule is CCCCOc1cccc2c(S(=O)(=O)N[C@H](CCC(=O)O)C(=O)O)cccc12. The van der Waals surface area contributed by atoms with E-state index in [0.717, 1.165) is 12.8 Å². The first-order chi connectivity index (χ1) is 13.3. The number of sulfonamides is 1. The summed E-state index contributed by atoms with van der Waals surface area (Å²) in [4.78, 5) is 22.0. The molecule has 9 heteroatoms. The Balaban J connectivity index is 2.38. The van der Waals surface area contributed by atoms with Crippen molar-refractivity contribution in [3.8, 4) is 5.75 Å². The summed E-state index contributed by atoms with van der Waals surface area (Å²) in [6.45, 7) is 2.53. The molecule has 2 aromatic rings. The molecule has 0 amide bonds. The van der Waals surface area contributed by atoms with Crippen molar-refractivity contribution in [2.75, 3.05) is 6.61 Å². The van der Waals surface area contributed by atoms with Gasteiger partial charge in [-0.3, -0.25) is 9.59 Å². The Kier molecular flexibility index (Phi) is 7.36. The topological polar surface area (TPSA) is 130 Å². The monoisotopic (exact) mass is 409 g/mol. The summed E-state index contributed by atoms with van der Waals surface area (Å²) in [5.74, 6) is -2.10. The maximum atomic E-state index is 12.8. The molecule has 3 N–H and O–H groups in total. The van der Waals surface area contributed by atoms with Crippen molar-refractivity contribution in [3.05, 3.63) is 36.4 Å². The fourth-order valence-corrected chi connectivity index (χ4v) is 4.14. The van der Waals surface area contributed by atoms with E-state index in [2.05, 4.69) is 4.72 Å². The Labute approximate surface area is 163 Å². The zero-order valence-electron chi connectivity index (χ0n) is 15.4. The van der Waals surface area contributed by atoms with Crippen LogP contribution in [0.3, 0.4) is 0 Å². The Bertz CT molecular complexity index is 956. The molecule has 152 valence electrons. The largest absolute Gasteiger partial charge is 0.493 e. The number of benzene rings is 2. The molecule has 28 heavy (non-hydrogen) atoms. The Morgan fingerprint density at radius 2 is 1.79 bits per heavy atom. The van der Waals surface area contributed by atoms with Gasteiger partial charge in [-0.1, -0.05) is 37.6 Å². The van der Waals surface area contributed by atoms with Crippen LogP contribution in [0.15, 0.2) is 41.3 Å². The van der Waals surface area contributed by atoms with Gasteiger partial charge in [-0.05, 0) is 25.0 Å². The van der Waals surface area contributed by atoms with Gasteiger partial charge in [-0.2, -0.15) is 4.72 Å². The smallest absolute Gasteiger partial charge is 0.321 e. The average Bonchev–Trinajstić information content (AvgIpc) is 2.64. The summed E-state index contributed by atoms with van der Waals surface area (Å²) >= 11 is 0. The van der Waals surface area contributed by atoms with Crippen molar-refractivity contribution in [1.29, 1.82) is 0 Å². The lowest BCUT2D eigenvalue weighted by molar-refractivity contribution is -0.140. The van der Waals surface area contributed by atoms with Crippen molar-refractivity contribution >= 4 is 32.7 Å². The second-order valence-electron chi connectivity index (χ2n) is 6.25. The van der Waals surface area contributed by atoms with Crippen LogP contribution >= 0.6 is 0 Å². The number of carboxylic acid groups (broad SMARTS) is 2. The van der Waals surface area contributed by atoms with Gasteiger partial charge in [0.2, 0.25) is 10.0 Å². The maximum Gasteiger partial charge on any atom is 0.321 e. The fraction of sp³-hybridized carbons (Fsp3) is 0.368. The van der Waals surface area contributed by atoms with Gasteiger partial charge >= 0.3 is 11.9 Å². The van der Waals surface area contributed by atoms with Gasteiger partial charge < -0.3 is 14.9 Å². The summed E-state index contributed by atoms with van der Waals surface area (Å²) in [5.41, 5.74) is 0. The molecule has 0 radical (unpaired) electrons. The van der Waals surface area contributed by atoms with Gasteiger partial charge in [0.1, 0.15) is 11.8 Å². The quantitative estimate of drug-likeness (QED) is 0.486. The second kappa shape index (κ2) is 9.52. The summed E-state index contributed by atoms with van der Waals surface area (Å²) in [6.07, 6.45) is 0.992. The van der Waals surface area contributed by atoms with E-state index in [1.165, 1.54) is 6.07 Å². The van der Waals surface area contributed by atoms with Crippen LogP contribution in [-0.4, -0.2) is 43.2 Å². The average molecular weight is 409 g/mol. The van der Waals surface area contributed by atoms with Gasteiger partial charge in [-0.15, -0.1) is 0 Å². The first-order valence-corrected chi connectivity index (χ1v) is 10.4. The molecule has 0 aliphatic rings. The Hall–Kier alpha value is -2.65. The third-order valence-electron chi connectivity index (χ3n) is 4.13. The summed E-state index contributed by atoms with van der Waals surface area (Å²) in [6, 6.07) is 8.14. The third kappa shape index (κ3) is 5.43. The minimum atomic E-state index is -4.20. The van der Waals surface area contributed by atoms with E-state index in [1.54, 1.807) is 30.3 Å². The number of aliphatic carboxylic acids is 2. The van der Waals surface area contributed by atoms with Crippen LogP contribution in [0, 0.1) is 0 Å². The molecule has 0 aromatic heterocycles. The van der Waals surface area contributed by atoms with Crippen LogP contribution in [0.1, 0.15) is 32.6 Å². The number of rotatable bonds is 11. The highest BCUT2D eigenvalue weighted by atomic mass is 32.2. The lowest BCUT2D eigenvalue weighted by Crippen LogP contribution is -2.41. The van der Waals surface area contributed by atoms with E-state index < -0.39 is 34.4 Å². The summed E-state index contributed by atoms with van der Waals surface area (Å²) < 4.78 is 33.5. The number of nitrogens with one attached hydrogen (secondary N) is 1. The normalized spacial score (nSPS) is 12.6. The van der Waals surface area contributed by atoms with Crippen molar-refractivity contribution in [1.82, 2.24) is 4.72 Å². The van der Waals surface area contributed by atoms with Gasteiger partial charge in [0.25, 0.3) is 0 Å². The van der Waals surface area contributed by atoms with Crippen molar-refractivity contribution in [2.24, 2.45) is 0 Å². The zero-order chi connectivity index (χ0) is 20.7. The first kappa shape index (κ1) is 21.6. The molecule has 8 nitrogen and oxygen atoms in total. The molecule has 2 rings (SSSR count). The molecule has 0 saturated heterocycles. The van der Waals surface area contributed by atoms with Crippen LogP contribution in [-0.2, 0) is 19.6 Å². The highest BCUT2D eigenvalue weighted by Gasteiger charge is 2.27. The van der Waals surface area contributed by atoms with E-state index >= 15 is 0 Å². The highest BCUT2D eigenvalue weighted by Crippen LogP contribution is 2.30. The predicted molar refractivity (Wildman–Crippen MR) is 103 cm³/mol. The molecule has 0 aliphatic carbocycles. The fourth-order valence-electron chi connectivity index (χ4n) is 2.69. The summed E-state index contributed by atoms with van der Waals surface area (Å²) in [7, 11) is -4.20. The Morgan fingerprint density at radius 1 is 1.11 bits per heavy atom. The lowest BCUT2D eigenvalue weighted by Gasteiger charge is -2.16. The Morgan fingerprint density at radius 3 is 2.43 bits per heavy atom. The number of carbonyl (C=O) groups is 2. The maximum absolute atomic E-state index is 12.8. The highest BCUT2D eigenvalue weighted by molar-refractivity contribution is 7.89. The van der Waals surface area contributed by atoms with Gasteiger partial charge in [-0.25, -0.2) is 8.42 Å². The minimum absolute atomic E-state index is 0.0903. The number of ether oxygens (including phenoxy) is 1. The molecule has 0 bridgehead atoms. The van der Waals surface area contributed by atoms with E-state index in [9.17, 15) is 23.1 Å². The van der Waals surface area contributed by atoms with Crippen molar-refractivity contribution in [3.63, 3.8) is 0 Å².